The fraction of sp³-hybridized carbons (Fsp3) is 1.00. The van der Waals surface area contributed by atoms with Crippen LogP contribution in [0, 0.1) is 5.41 Å². The van der Waals surface area contributed by atoms with Gasteiger partial charge in [-0.3, -0.25) is 0 Å². The van der Waals surface area contributed by atoms with Crippen molar-refractivity contribution in [2.75, 3.05) is 20.1 Å². The van der Waals surface area contributed by atoms with Crippen LogP contribution in [0.1, 0.15) is 33.1 Å². The summed E-state index contributed by atoms with van der Waals surface area (Å²) in [5.74, 6) is 0. The quantitative estimate of drug-likeness (QED) is 0.711. The molecule has 2 nitrogen and oxygen atoms in total. The normalized spacial score (nSPS) is 36.9. The molecule has 0 radical (unpaired) electrons. The van der Waals surface area contributed by atoms with Crippen molar-refractivity contribution in [2.24, 2.45) is 5.41 Å². The van der Waals surface area contributed by atoms with Crippen molar-refractivity contribution < 1.29 is 0 Å². The summed E-state index contributed by atoms with van der Waals surface area (Å²) >= 11 is 0. The van der Waals surface area contributed by atoms with Gasteiger partial charge in [0.15, 0.2) is 0 Å². The van der Waals surface area contributed by atoms with Crippen LogP contribution in [0.2, 0.25) is 0 Å². The highest BCUT2D eigenvalue weighted by molar-refractivity contribution is 4.96. The molecule has 0 spiro atoms. The maximum absolute atomic E-state index is 3.47. The molecule has 13 heavy (non-hydrogen) atoms. The Hall–Kier alpha value is -0.0800. The van der Waals surface area contributed by atoms with Crippen LogP contribution in [0.15, 0.2) is 0 Å². The highest BCUT2D eigenvalue weighted by atomic mass is 15.2. The summed E-state index contributed by atoms with van der Waals surface area (Å²) in [4.78, 5) is 2.56. The average Bonchev–Trinajstić information content (AvgIpc) is 1.95. The molecule has 1 heterocycles. The summed E-state index contributed by atoms with van der Waals surface area (Å²) in [5.41, 5.74) is 0.568. The van der Waals surface area contributed by atoms with E-state index in [0.717, 1.165) is 12.1 Å². The molecule has 2 unspecified atom stereocenters. The summed E-state index contributed by atoms with van der Waals surface area (Å²) in [7, 11) is 2.28. The largest absolute Gasteiger partial charge is 0.313 e. The number of rotatable bonds is 3. The zero-order chi connectivity index (χ0) is 9.47. The Bertz CT molecular complexity index is 185. The van der Waals surface area contributed by atoms with E-state index in [9.17, 15) is 0 Å². The van der Waals surface area contributed by atoms with Crippen molar-refractivity contribution in [3.05, 3.63) is 0 Å². The van der Waals surface area contributed by atoms with Crippen LogP contribution in [0.25, 0.3) is 0 Å². The van der Waals surface area contributed by atoms with Gasteiger partial charge < -0.3 is 10.2 Å². The van der Waals surface area contributed by atoms with Crippen molar-refractivity contribution in [3.8, 4) is 0 Å². The Kier molecular flexibility index (Phi) is 2.37. The SMILES string of the molecule is CN(CC1CCN1)C1CCC1(C)C. The van der Waals surface area contributed by atoms with Gasteiger partial charge in [-0.1, -0.05) is 13.8 Å². The molecule has 2 aliphatic rings. The fourth-order valence-electron chi connectivity index (χ4n) is 2.65. The molecule has 0 bridgehead atoms. The number of hydrogen-bond donors (Lipinski definition) is 1. The number of nitrogens with zero attached hydrogens (tertiary/aromatic N) is 1. The molecule has 2 rings (SSSR count). The van der Waals surface area contributed by atoms with Gasteiger partial charge in [0, 0.05) is 18.6 Å². The number of likely N-dealkylation sites (N-methyl/N-ethyl adjacent to an activating group) is 1. The van der Waals surface area contributed by atoms with E-state index < -0.39 is 0 Å². The van der Waals surface area contributed by atoms with Crippen LogP contribution in [-0.4, -0.2) is 37.1 Å². The predicted octanol–water partition coefficient (Wildman–Crippen LogP) is 1.47. The first-order valence-corrected chi connectivity index (χ1v) is 5.53. The molecular weight excluding hydrogens is 160 g/mol. The molecule has 1 aliphatic carbocycles. The van der Waals surface area contributed by atoms with Crippen LogP contribution in [-0.2, 0) is 0 Å². The lowest BCUT2D eigenvalue weighted by molar-refractivity contribution is 0.00713. The zero-order valence-corrected chi connectivity index (χ0v) is 9.14. The first-order chi connectivity index (χ1) is 6.09. The molecule has 0 amide bonds. The van der Waals surface area contributed by atoms with Crippen LogP contribution in [0.3, 0.4) is 0 Å². The molecule has 0 aromatic rings. The van der Waals surface area contributed by atoms with Crippen LogP contribution < -0.4 is 5.32 Å². The maximum Gasteiger partial charge on any atom is 0.0207 e. The van der Waals surface area contributed by atoms with Gasteiger partial charge in [0.05, 0.1) is 0 Å². The third-order valence-electron chi connectivity index (χ3n) is 3.93. The van der Waals surface area contributed by atoms with Crippen LogP contribution in [0.5, 0.6) is 0 Å². The predicted molar refractivity (Wildman–Crippen MR) is 55.8 cm³/mol. The van der Waals surface area contributed by atoms with Crippen molar-refractivity contribution in [1.82, 2.24) is 10.2 Å². The molecule has 1 saturated carbocycles. The fourth-order valence-corrected chi connectivity index (χ4v) is 2.65. The first-order valence-electron chi connectivity index (χ1n) is 5.53. The molecular formula is C11H22N2. The molecule has 1 saturated heterocycles. The zero-order valence-electron chi connectivity index (χ0n) is 9.14. The molecule has 0 aromatic carbocycles. The van der Waals surface area contributed by atoms with Gasteiger partial charge in [-0.05, 0) is 38.3 Å². The Morgan fingerprint density at radius 3 is 2.38 bits per heavy atom. The summed E-state index contributed by atoms with van der Waals surface area (Å²) in [6.45, 7) is 7.26. The molecule has 2 heteroatoms. The number of hydrogen-bond acceptors (Lipinski definition) is 2. The molecule has 0 aromatic heterocycles. The highest BCUT2D eigenvalue weighted by Gasteiger charge is 2.41. The van der Waals surface area contributed by atoms with E-state index in [-0.39, 0.29) is 0 Å². The van der Waals surface area contributed by atoms with E-state index >= 15 is 0 Å². The second kappa shape index (κ2) is 3.25. The van der Waals surface area contributed by atoms with Crippen LogP contribution in [0.4, 0.5) is 0 Å². The van der Waals surface area contributed by atoms with Gasteiger partial charge in [0.2, 0.25) is 0 Å². The minimum Gasteiger partial charge on any atom is -0.313 e. The molecule has 2 fully saturated rings. The van der Waals surface area contributed by atoms with Crippen molar-refractivity contribution >= 4 is 0 Å². The van der Waals surface area contributed by atoms with Crippen molar-refractivity contribution in [2.45, 2.75) is 45.2 Å². The van der Waals surface area contributed by atoms with Crippen molar-refractivity contribution in [1.29, 1.82) is 0 Å². The summed E-state index contributed by atoms with van der Waals surface area (Å²) < 4.78 is 0. The highest BCUT2D eigenvalue weighted by Crippen LogP contribution is 2.42. The van der Waals surface area contributed by atoms with E-state index in [4.69, 9.17) is 0 Å². The topological polar surface area (TPSA) is 15.3 Å². The Labute approximate surface area is 81.7 Å². The lowest BCUT2D eigenvalue weighted by Crippen LogP contribution is -2.57. The summed E-state index contributed by atoms with van der Waals surface area (Å²) in [5, 5.41) is 3.47. The van der Waals surface area contributed by atoms with Crippen molar-refractivity contribution in [3.63, 3.8) is 0 Å². The lowest BCUT2D eigenvalue weighted by atomic mass is 9.66. The average molecular weight is 182 g/mol. The Balaban J connectivity index is 1.79. The third-order valence-corrected chi connectivity index (χ3v) is 3.93. The molecule has 2 atom stereocenters. The van der Waals surface area contributed by atoms with E-state index in [1.54, 1.807) is 0 Å². The number of nitrogens with one attached hydrogen (secondary N) is 1. The second-order valence-corrected chi connectivity index (χ2v) is 5.42. The minimum absolute atomic E-state index is 0.568. The first kappa shape index (κ1) is 9.47. The van der Waals surface area contributed by atoms with E-state index in [1.165, 1.54) is 32.4 Å². The van der Waals surface area contributed by atoms with Gasteiger partial charge in [0.1, 0.15) is 0 Å². The maximum atomic E-state index is 3.47. The van der Waals surface area contributed by atoms with Gasteiger partial charge in [-0.15, -0.1) is 0 Å². The third kappa shape index (κ3) is 1.75. The van der Waals surface area contributed by atoms with Gasteiger partial charge in [0.25, 0.3) is 0 Å². The van der Waals surface area contributed by atoms with E-state index in [1.807, 2.05) is 0 Å². The van der Waals surface area contributed by atoms with E-state index in [0.29, 0.717) is 5.41 Å². The van der Waals surface area contributed by atoms with Gasteiger partial charge in [-0.25, -0.2) is 0 Å². The van der Waals surface area contributed by atoms with E-state index in [2.05, 4.69) is 31.1 Å². The molecule has 76 valence electrons. The molecule has 1 aliphatic heterocycles. The standard InChI is InChI=1S/C11H22N2/c1-11(2)6-4-10(11)13(3)8-9-5-7-12-9/h9-10,12H,4-8H2,1-3H3. The second-order valence-electron chi connectivity index (χ2n) is 5.42. The summed E-state index contributed by atoms with van der Waals surface area (Å²) in [6, 6.07) is 1.61. The van der Waals surface area contributed by atoms with Gasteiger partial charge in [-0.2, -0.15) is 0 Å². The van der Waals surface area contributed by atoms with Gasteiger partial charge >= 0.3 is 0 Å². The molecule has 1 N–H and O–H groups in total. The Morgan fingerprint density at radius 1 is 1.38 bits per heavy atom. The lowest BCUT2D eigenvalue weighted by Gasteiger charge is -2.50. The minimum atomic E-state index is 0.568. The smallest absolute Gasteiger partial charge is 0.0207 e. The monoisotopic (exact) mass is 182 g/mol. The summed E-state index contributed by atoms with van der Waals surface area (Å²) in [6.07, 6.45) is 4.17. The van der Waals surface area contributed by atoms with Crippen LogP contribution >= 0.6 is 0 Å². The Morgan fingerprint density at radius 2 is 2.08 bits per heavy atom.